The molecule has 0 N–H and O–H groups in total. The minimum absolute atomic E-state index is 0.273. The molecule has 1 aromatic carbocycles. The van der Waals surface area contributed by atoms with Crippen molar-refractivity contribution < 1.29 is 13.5 Å². The van der Waals surface area contributed by atoms with Crippen molar-refractivity contribution in [2.75, 3.05) is 20.2 Å². The van der Waals surface area contributed by atoms with Gasteiger partial charge in [0.1, 0.15) is 5.75 Å². The first kappa shape index (κ1) is 15.4. The third-order valence-corrected chi connectivity index (χ3v) is 6.41. The summed E-state index contributed by atoms with van der Waals surface area (Å²) in [5.41, 5.74) is 0.832. The molecule has 3 fully saturated rings. The van der Waals surface area contributed by atoms with Crippen molar-refractivity contribution >= 4 is 0 Å². The number of piperidine rings is 1. The Morgan fingerprint density at radius 3 is 2.35 bits per heavy atom. The minimum Gasteiger partial charge on any atom is -0.496 e. The van der Waals surface area contributed by atoms with Gasteiger partial charge in [0.15, 0.2) is 11.6 Å². The van der Waals surface area contributed by atoms with Crippen LogP contribution in [-0.4, -0.2) is 31.1 Å². The first-order valence-corrected chi connectivity index (χ1v) is 8.92. The van der Waals surface area contributed by atoms with E-state index >= 15 is 0 Å². The van der Waals surface area contributed by atoms with E-state index in [0.717, 1.165) is 49.4 Å². The van der Waals surface area contributed by atoms with Crippen molar-refractivity contribution in [1.29, 1.82) is 0 Å². The molecule has 4 heteroatoms. The van der Waals surface area contributed by atoms with Gasteiger partial charge in [0.05, 0.1) is 7.11 Å². The summed E-state index contributed by atoms with van der Waals surface area (Å²) in [4.78, 5) is 2.66. The van der Waals surface area contributed by atoms with E-state index in [9.17, 15) is 8.78 Å². The molecule has 1 unspecified atom stereocenters. The van der Waals surface area contributed by atoms with E-state index in [4.69, 9.17) is 4.74 Å². The molecule has 1 heterocycles. The summed E-state index contributed by atoms with van der Waals surface area (Å²) in [7, 11) is 1.53. The zero-order chi connectivity index (χ0) is 16.0. The highest BCUT2D eigenvalue weighted by atomic mass is 19.2. The second-order valence-electron chi connectivity index (χ2n) is 7.56. The molecule has 0 aromatic heterocycles. The average molecular weight is 321 g/mol. The van der Waals surface area contributed by atoms with Crippen LogP contribution in [0.5, 0.6) is 5.75 Å². The molecule has 2 nitrogen and oxygen atoms in total. The number of hydrogen-bond donors (Lipinski definition) is 0. The Bertz CT molecular complexity index is 583. The van der Waals surface area contributed by atoms with Crippen LogP contribution in [0.4, 0.5) is 8.78 Å². The molecule has 3 aliphatic rings. The standard InChI is InChI=1S/C19H25F2NO/c1-23-19-11-17(21)16(20)10-15(19)13-4-6-22(7-5-13)18-9-12-2-3-14(18)8-12/h10-14,18H,2-9H2,1H3/t12-,14?,18-/m0/s1. The van der Waals surface area contributed by atoms with E-state index < -0.39 is 11.6 Å². The molecule has 1 saturated heterocycles. The molecule has 0 amide bonds. The predicted octanol–water partition coefficient (Wildman–Crippen LogP) is 4.34. The fraction of sp³-hybridized carbons (Fsp3) is 0.684. The van der Waals surface area contributed by atoms with Gasteiger partial charge in [-0.3, -0.25) is 0 Å². The van der Waals surface area contributed by atoms with Gasteiger partial charge in [-0.05, 0) is 69.0 Å². The molecule has 4 rings (SSSR count). The van der Waals surface area contributed by atoms with Crippen molar-refractivity contribution in [2.24, 2.45) is 11.8 Å². The van der Waals surface area contributed by atoms with Crippen LogP contribution in [0, 0.1) is 23.5 Å². The lowest BCUT2D eigenvalue weighted by Gasteiger charge is -2.40. The number of ether oxygens (including phenoxy) is 1. The van der Waals surface area contributed by atoms with Crippen LogP contribution in [0.3, 0.4) is 0 Å². The number of fused-ring (bicyclic) bond motifs is 2. The molecule has 3 atom stereocenters. The zero-order valence-corrected chi connectivity index (χ0v) is 13.7. The highest BCUT2D eigenvalue weighted by molar-refractivity contribution is 5.38. The van der Waals surface area contributed by atoms with Crippen LogP contribution in [0.1, 0.15) is 50.0 Å². The van der Waals surface area contributed by atoms with E-state index in [1.165, 1.54) is 44.9 Å². The van der Waals surface area contributed by atoms with Gasteiger partial charge >= 0.3 is 0 Å². The van der Waals surface area contributed by atoms with Crippen molar-refractivity contribution in [3.63, 3.8) is 0 Å². The van der Waals surface area contributed by atoms with Crippen molar-refractivity contribution in [2.45, 2.75) is 50.5 Å². The summed E-state index contributed by atoms with van der Waals surface area (Å²) in [6, 6.07) is 3.31. The van der Waals surface area contributed by atoms with Gasteiger partial charge in [0, 0.05) is 17.7 Å². The van der Waals surface area contributed by atoms with Crippen LogP contribution < -0.4 is 4.74 Å². The van der Waals surface area contributed by atoms with Crippen LogP contribution in [0.2, 0.25) is 0 Å². The maximum Gasteiger partial charge on any atom is 0.162 e. The van der Waals surface area contributed by atoms with Crippen LogP contribution in [-0.2, 0) is 0 Å². The molecule has 1 aromatic rings. The molecule has 23 heavy (non-hydrogen) atoms. The number of benzene rings is 1. The van der Waals surface area contributed by atoms with Crippen LogP contribution >= 0.6 is 0 Å². The molecule has 2 saturated carbocycles. The van der Waals surface area contributed by atoms with Crippen molar-refractivity contribution in [3.8, 4) is 5.75 Å². The third-order valence-electron chi connectivity index (χ3n) is 6.41. The number of methoxy groups -OCH3 is 1. The first-order valence-electron chi connectivity index (χ1n) is 8.92. The Kier molecular flexibility index (Phi) is 4.04. The van der Waals surface area contributed by atoms with Crippen LogP contribution in [0.15, 0.2) is 12.1 Å². The number of halogens is 2. The maximum absolute atomic E-state index is 13.6. The zero-order valence-electron chi connectivity index (χ0n) is 13.7. The molecular weight excluding hydrogens is 296 g/mol. The Morgan fingerprint density at radius 2 is 1.74 bits per heavy atom. The van der Waals surface area contributed by atoms with Crippen molar-refractivity contribution in [1.82, 2.24) is 4.90 Å². The lowest BCUT2D eigenvalue weighted by Crippen LogP contribution is -2.43. The van der Waals surface area contributed by atoms with E-state index in [2.05, 4.69) is 4.90 Å². The topological polar surface area (TPSA) is 12.5 Å². The van der Waals surface area contributed by atoms with Gasteiger partial charge < -0.3 is 9.64 Å². The van der Waals surface area contributed by atoms with Gasteiger partial charge in [-0.1, -0.05) is 6.42 Å². The quantitative estimate of drug-likeness (QED) is 0.821. The number of hydrogen-bond acceptors (Lipinski definition) is 2. The van der Waals surface area contributed by atoms with E-state index in [1.54, 1.807) is 0 Å². The third kappa shape index (κ3) is 2.75. The van der Waals surface area contributed by atoms with Gasteiger partial charge in [-0.15, -0.1) is 0 Å². The highest BCUT2D eigenvalue weighted by Gasteiger charge is 2.43. The molecule has 0 radical (unpaired) electrons. The van der Waals surface area contributed by atoms with Gasteiger partial charge in [-0.25, -0.2) is 8.78 Å². The monoisotopic (exact) mass is 321 g/mol. The fourth-order valence-corrected chi connectivity index (χ4v) is 5.24. The summed E-state index contributed by atoms with van der Waals surface area (Å²) in [6.45, 7) is 2.14. The molecule has 1 aliphatic heterocycles. The maximum atomic E-state index is 13.6. The van der Waals surface area contributed by atoms with Gasteiger partial charge in [0.2, 0.25) is 0 Å². The minimum atomic E-state index is -0.829. The Morgan fingerprint density at radius 1 is 1.00 bits per heavy atom. The van der Waals surface area contributed by atoms with Crippen LogP contribution in [0.25, 0.3) is 0 Å². The normalized spacial score (nSPS) is 31.7. The summed E-state index contributed by atoms with van der Waals surface area (Å²) in [6.07, 6.45) is 7.67. The van der Waals surface area contributed by atoms with Gasteiger partial charge in [0.25, 0.3) is 0 Å². The number of likely N-dealkylation sites (tertiary alicyclic amines) is 1. The van der Waals surface area contributed by atoms with E-state index in [-0.39, 0.29) is 5.92 Å². The van der Waals surface area contributed by atoms with Gasteiger partial charge in [-0.2, -0.15) is 0 Å². The number of nitrogens with zero attached hydrogens (tertiary/aromatic N) is 1. The molecular formula is C19H25F2NO. The Hall–Kier alpha value is -1.16. The SMILES string of the molecule is COc1cc(F)c(F)cc1C1CCN([C@H]2C[C@H]3CCC2C3)CC1. The summed E-state index contributed by atoms with van der Waals surface area (Å²) in [5, 5.41) is 0. The second kappa shape index (κ2) is 6.04. The smallest absolute Gasteiger partial charge is 0.162 e. The molecule has 126 valence electrons. The van der Waals surface area contributed by atoms with E-state index in [1.807, 2.05) is 0 Å². The predicted molar refractivity (Wildman–Crippen MR) is 85.7 cm³/mol. The summed E-state index contributed by atoms with van der Waals surface area (Å²) < 4.78 is 32.3. The largest absolute Gasteiger partial charge is 0.496 e. The summed E-state index contributed by atoms with van der Waals surface area (Å²) in [5.74, 6) is 1.04. The average Bonchev–Trinajstić information content (AvgIpc) is 3.20. The molecule has 2 bridgehead atoms. The first-order chi connectivity index (χ1) is 11.2. The molecule has 2 aliphatic carbocycles. The van der Waals surface area contributed by atoms with Crippen molar-refractivity contribution in [3.05, 3.63) is 29.3 Å². The molecule has 0 spiro atoms. The fourth-order valence-electron chi connectivity index (χ4n) is 5.24. The second-order valence-corrected chi connectivity index (χ2v) is 7.56. The lowest BCUT2D eigenvalue weighted by atomic mass is 9.86. The Labute approximate surface area is 136 Å². The highest BCUT2D eigenvalue weighted by Crippen LogP contribution is 2.48. The Balaban J connectivity index is 1.44. The number of rotatable bonds is 3. The lowest BCUT2D eigenvalue weighted by molar-refractivity contribution is 0.110. The summed E-state index contributed by atoms with van der Waals surface area (Å²) >= 11 is 0. The van der Waals surface area contributed by atoms with E-state index in [0.29, 0.717) is 5.75 Å².